The van der Waals surface area contributed by atoms with Crippen molar-refractivity contribution in [3.05, 3.63) is 70.0 Å². The molecule has 0 aliphatic rings. The predicted molar refractivity (Wildman–Crippen MR) is 103 cm³/mol. The van der Waals surface area contributed by atoms with Crippen molar-refractivity contribution in [2.45, 2.75) is 13.8 Å². The Morgan fingerprint density at radius 2 is 1.54 bits per heavy atom. The summed E-state index contributed by atoms with van der Waals surface area (Å²) in [4.78, 5) is 13.2. The van der Waals surface area contributed by atoms with Gasteiger partial charge in [-0.15, -0.1) is 0 Å². The van der Waals surface area contributed by atoms with Gasteiger partial charge >= 0.3 is 7.60 Å². The summed E-state index contributed by atoms with van der Waals surface area (Å²) in [5, 5.41) is 3.08. The molecule has 1 N–H and O–H groups in total. The van der Waals surface area contributed by atoms with Crippen LogP contribution >= 0.6 is 7.60 Å². The largest absolute Gasteiger partial charge is 0.368 e. The monoisotopic (exact) mass is 372 g/mol. The minimum absolute atomic E-state index is 0.00661. The quantitative estimate of drug-likeness (QED) is 0.695. The number of hydrogen-bond acceptors (Lipinski definition) is 4. The summed E-state index contributed by atoms with van der Waals surface area (Å²) < 4.78 is 24.7. The summed E-state index contributed by atoms with van der Waals surface area (Å²) in [5.41, 5.74) is 3.38. The number of hydrogen-bond donors (Lipinski definition) is 1. The van der Waals surface area contributed by atoms with Gasteiger partial charge in [0.1, 0.15) is 0 Å². The molecule has 0 unspecified atom stereocenters. The zero-order valence-corrected chi connectivity index (χ0v) is 16.0. The highest BCUT2D eigenvalue weighted by Crippen LogP contribution is 2.46. The van der Waals surface area contributed by atoms with Gasteiger partial charge in [-0.3, -0.25) is 14.5 Å². The molecule has 2 aromatic carbocycles. The molecule has 0 saturated heterocycles. The van der Waals surface area contributed by atoms with Gasteiger partial charge in [0.15, 0.2) is 5.30 Å². The molecule has 3 aromatic rings. The molecule has 7 heteroatoms. The second-order valence-electron chi connectivity index (χ2n) is 6.05. The first-order valence-electron chi connectivity index (χ1n) is 8.11. The van der Waals surface area contributed by atoms with Crippen molar-refractivity contribution in [2.24, 2.45) is 0 Å². The van der Waals surface area contributed by atoms with Crippen LogP contribution in [0, 0.1) is 13.8 Å². The maximum atomic E-state index is 13.2. The Morgan fingerprint density at radius 3 is 2.08 bits per heavy atom. The lowest BCUT2D eigenvalue weighted by Crippen LogP contribution is -2.29. The average molecular weight is 372 g/mol. The van der Waals surface area contributed by atoms with E-state index in [0.29, 0.717) is 11.4 Å². The first kappa shape index (κ1) is 18.4. The third-order valence-electron chi connectivity index (χ3n) is 4.15. The molecule has 0 saturated carbocycles. The molecule has 0 fully saturated rings. The van der Waals surface area contributed by atoms with E-state index in [0.717, 1.165) is 16.7 Å². The Bertz CT molecular complexity index is 1010. The number of benzene rings is 2. The summed E-state index contributed by atoms with van der Waals surface area (Å²) in [5.74, 6) is 0. The SMILES string of the molecule is COP(=O)(OC)c1c(-c2ccccc2)[nH]n(-c2cc(C)cc(C)c2)c1=O. The van der Waals surface area contributed by atoms with Gasteiger partial charge in [-0.25, -0.2) is 4.68 Å². The molecule has 0 aliphatic heterocycles. The third-order valence-corrected chi connectivity index (χ3v) is 6.07. The van der Waals surface area contributed by atoms with E-state index >= 15 is 0 Å². The number of nitrogens with zero attached hydrogens (tertiary/aromatic N) is 1. The first-order chi connectivity index (χ1) is 12.4. The van der Waals surface area contributed by atoms with Crippen molar-refractivity contribution >= 4 is 12.9 Å². The molecule has 3 rings (SSSR count). The molecule has 1 aromatic heterocycles. The van der Waals surface area contributed by atoms with Crippen molar-refractivity contribution in [3.63, 3.8) is 0 Å². The van der Waals surface area contributed by atoms with Crippen LogP contribution in [0.4, 0.5) is 0 Å². The lowest BCUT2D eigenvalue weighted by Gasteiger charge is -2.12. The van der Waals surface area contributed by atoms with Gasteiger partial charge in [0.05, 0.1) is 11.4 Å². The zero-order valence-electron chi connectivity index (χ0n) is 15.1. The molecule has 0 bridgehead atoms. The second-order valence-corrected chi connectivity index (χ2v) is 8.22. The molecule has 0 radical (unpaired) electrons. The van der Waals surface area contributed by atoms with Crippen LogP contribution in [-0.4, -0.2) is 24.0 Å². The van der Waals surface area contributed by atoms with Crippen molar-refractivity contribution < 1.29 is 13.6 Å². The fourth-order valence-corrected chi connectivity index (χ4v) is 4.31. The van der Waals surface area contributed by atoms with E-state index in [4.69, 9.17) is 9.05 Å². The van der Waals surface area contributed by atoms with Gasteiger partial charge in [-0.1, -0.05) is 36.4 Å². The highest BCUT2D eigenvalue weighted by atomic mass is 31.2. The molecule has 0 aliphatic carbocycles. The van der Waals surface area contributed by atoms with Crippen molar-refractivity contribution in [2.75, 3.05) is 14.2 Å². The predicted octanol–water partition coefficient (Wildman–Crippen LogP) is 3.56. The smallest absolute Gasteiger partial charge is 0.308 e. The Labute approximate surface area is 151 Å². The van der Waals surface area contributed by atoms with Crippen molar-refractivity contribution in [3.8, 4) is 16.9 Å². The van der Waals surface area contributed by atoms with Crippen LogP contribution in [0.2, 0.25) is 0 Å². The van der Waals surface area contributed by atoms with Gasteiger partial charge in [0.2, 0.25) is 0 Å². The van der Waals surface area contributed by atoms with E-state index < -0.39 is 13.2 Å². The fourth-order valence-electron chi connectivity index (χ4n) is 3.01. The van der Waals surface area contributed by atoms with E-state index in [1.54, 1.807) is 0 Å². The molecule has 1 heterocycles. The summed E-state index contributed by atoms with van der Waals surface area (Å²) in [6.45, 7) is 3.91. The Morgan fingerprint density at radius 1 is 0.962 bits per heavy atom. The van der Waals surface area contributed by atoms with Crippen molar-refractivity contribution in [1.29, 1.82) is 0 Å². The zero-order chi connectivity index (χ0) is 18.9. The molecular formula is C19H21N2O4P. The highest BCUT2D eigenvalue weighted by molar-refractivity contribution is 7.62. The number of rotatable bonds is 5. The normalized spacial score (nSPS) is 11.7. The number of H-pyrrole nitrogens is 1. The van der Waals surface area contributed by atoms with E-state index in [9.17, 15) is 9.36 Å². The third kappa shape index (κ3) is 3.19. The molecular weight excluding hydrogens is 351 g/mol. The van der Waals surface area contributed by atoms with Gasteiger partial charge in [-0.2, -0.15) is 0 Å². The van der Waals surface area contributed by atoms with E-state index in [1.165, 1.54) is 18.9 Å². The van der Waals surface area contributed by atoms with E-state index in [1.807, 2.05) is 62.4 Å². The molecule has 0 amide bonds. The summed E-state index contributed by atoms with van der Waals surface area (Å²) >= 11 is 0. The minimum atomic E-state index is -3.76. The van der Waals surface area contributed by atoms with Crippen LogP contribution in [-0.2, 0) is 13.6 Å². The van der Waals surface area contributed by atoms with E-state index in [2.05, 4.69) is 5.10 Å². The lowest BCUT2D eigenvalue weighted by molar-refractivity contribution is 0.287. The Balaban J connectivity index is 2.34. The lowest BCUT2D eigenvalue weighted by atomic mass is 10.1. The second kappa shape index (κ2) is 7.08. The maximum absolute atomic E-state index is 13.2. The maximum Gasteiger partial charge on any atom is 0.368 e. The summed E-state index contributed by atoms with van der Waals surface area (Å²) in [7, 11) is -1.22. The van der Waals surface area contributed by atoms with Crippen LogP contribution in [0.5, 0.6) is 0 Å². The van der Waals surface area contributed by atoms with E-state index in [-0.39, 0.29) is 5.30 Å². The molecule has 0 atom stereocenters. The Kier molecular flexibility index (Phi) is 5.01. The average Bonchev–Trinajstić information content (AvgIpc) is 2.99. The van der Waals surface area contributed by atoms with Gasteiger partial charge in [-0.05, 0) is 37.1 Å². The fraction of sp³-hybridized carbons (Fsp3) is 0.211. The van der Waals surface area contributed by atoms with Crippen LogP contribution in [0.25, 0.3) is 16.9 Å². The van der Waals surface area contributed by atoms with Gasteiger partial charge in [0, 0.05) is 19.8 Å². The number of aryl methyl sites for hydroxylation is 2. The van der Waals surface area contributed by atoms with Crippen molar-refractivity contribution in [1.82, 2.24) is 9.78 Å². The van der Waals surface area contributed by atoms with Crippen LogP contribution in [0.1, 0.15) is 11.1 Å². The topological polar surface area (TPSA) is 73.3 Å². The number of nitrogens with one attached hydrogen (secondary N) is 1. The number of aromatic nitrogens is 2. The molecule has 26 heavy (non-hydrogen) atoms. The first-order valence-corrected chi connectivity index (χ1v) is 9.65. The Hall–Kier alpha value is -2.40. The van der Waals surface area contributed by atoms with Crippen LogP contribution in [0.3, 0.4) is 0 Å². The summed E-state index contributed by atoms with van der Waals surface area (Å²) in [6, 6.07) is 15.0. The molecule has 136 valence electrons. The van der Waals surface area contributed by atoms with Gasteiger partial charge < -0.3 is 9.05 Å². The highest BCUT2D eigenvalue weighted by Gasteiger charge is 2.35. The number of aromatic amines is 1. The van der Waals surface area contributed by atoms with Crippen LogP contribution in [0.15, 0.2) is 53.3 Å². The van der Waals surface area contributed by atoms with Gasteiger partial charge in [0.25, 0.3) is 5.56 Å². The molecule has 6 nitrogen and oxygen atoms in total. The minimum Gasteiger partial charge on any atom is -0.308 e. The van der Waals surface area contributed by atoms with Crippen LogP contribution < -0.4 is 10.9 Å². The summed E-state index contributed by atoms with van der Waals surface area (Å²) in [6.07, 6.45) is 0. The standard InChI is InChI=1S/C19H21N2O4P/c1-13-10-14(2)12-16(11-13)21-19(22)18(26(23,24-3)25-4)17(20-21)15-8-6-5-7-9-15/h5-12,20H,1-4H3. The molecule has 0 spiro atoms.